The van der Waals surface area contributed by atoms with Crippen LogP contribution < -0.4 is 4.90 Å². The first kappa shape index (κ1) is 27.6. The van der Waals surface area contributed by atoms with Crippen molar-refractivity contribution in [2.24, 2.45) is 0 Å². The van der Waals surface area contributed by atoms with E-state index in [1.807, 2.05) is 35.6 Å². The molecular formula is C46H27NO2S. The van der Waals surface area contributed by atoms with E-state index in [9.17, 15) is 0 Å². The molecular weight excluding hydrogens is 631 g/mol. The van der Waals surface area contributed by atoms with Gasteiger partial charge in [-0.2, -0.15) is 0 Å². The van der Waals surface area contributed by atoms with E-state index in [0.717, 1.165) is 82.5 Å². The van der Waals surface area contributed by atoms with Crippen molar-refractivity contribution in [3.05, 3.63) is 164 Å². The predicted molar refractivity (Wildman–Crippen MR) is 212 cm³/mol. The zero-order valence-corrected chi connectivity index (χ0v) is 27.6. The van der Waals surface area contributed by atoms with Crippen LogP contribution in [0.25, 0.3) is 85.9 Å². The van der Waals surface area contributed by atoms with Gasteiger partial charge in [0.1, 0.15) is 22.3 Å². The minimum absolute atomic E-state index is 0.901. The molecule has 0 aliphatic rings. The molecule has 11 aromatic rings. The highest BCUT2D eigenvalue weighted by Gasteiger charge is 2.18. The topological polar surface area (TPSA) is 29.5 Å². The maximum Gasteiger partial charge on any atom is 0.143 e. The lowest BCUT2D eigenvalue weighted by atomic mass is 10.0. The number of thiophene rings is 1. The summed E-state index contributed by atoms with van der Waals surface area (Å²) in [7, 11) is 0. The summed E-state index contributed by atoms with van der Waals surface area (Å²) in [5, 5.41) is 10.3. The molecule has 11 rings (SSSR count). The van der Waals surface area contributed by atoms with Gasteiger partial charge in [-0.3, -0.25) is 0 Å². The standard InChI is InChI=1S/C46H27NO2S/c1-6-12-43-31(7-1)25-44(50-43)30-15-19-32(20-16-30)47(33-21-13-28-17-23-37-35-8-2-4-10-41(35)48-45(37)39(28)26-33)34-22-14-29-18-24-38-36-9-3-5-11-42(36)49-46(38)40(29)27-34/h1-27H. The minimum Gasteiger partial charge on any atom is -0.455 e. The first-order valence-electron chi connectivity index (χ1n) is 16.8. The quantitative estimate of drug-likeness (QED) is 0.189. The fraction of sp³-hybridized carbons (Fsp3) is 0. The lowest BCUT2D eigenvalue weighted by Crippen LogP contribution is -2.10. The molecule has 0 N–H and O–H groups in total. The molecule has 0 unspecified atom stereocenters. The summed E-state index contributed by atoms with van der Waals surface area (Å²) in [6, 6.07) is 58.5. The molecule has 0 atom stereocenters. The van der Waals surface area contributed by atoms with E-state index in [0.29, 0.717) is 0 Å². The number of rotatable bonds is 4. The van der Waals surface area contributed by atoms with Gasteiger partial charge in [-0.1, -0.05) is 91.0 Å². The maximum atomic E-state index is 6.51. The number of hydrogen-bond donors (Lipinski definition) is 0. The monoisotopic (exact) mass is 657 g/mol. The van der Waals surface area contributed by atoms with Gasteiger partial charge >= 0.3 is 0 Å². The Bertz CT molecular complexity index is 2920. The summed E-state index contributed by atoms with van der Waals surface area (Å²) in [4.78, 5) is 3.61. The van der Waals surface area contributed by atoms with E-state index in [1.165, 1.54) is 20.5 Å². The molecule has 0 aliphatic carbocycles. The second kappa shape index (κ2) is 10.6. The smallest absolute Gasteiger partial charge is 0.143 e. The molecule has 3 nitrogen and oxygen atoms in total. The van der Waals surface area contributed by atoms with E-state index in [-0.39, 0.29) is 0 Å². The highest BCUT2D eigenvalue weighted by Crippen LogP contribution is 2.43. The Morgan fingerprint density at radius 3 is 1.50 bits per heavy atom. The number of furan rings is 2. The van der Waals surface area contributed by atoms with Gasteiger partial charge in [-0.25, -0.2) is 0 Å². The van der Waals surface area contributed by atoms with Crippen LogP contribution in [0.3, 0.4) is 0 Å². The van der Waals surface area contributed by atoms with Gasteiger partial charge < -0.3 is 13.7 Å². The Labute approximate surface area is 290 Å². The first-order valence-corrected chi connectivity index (χ1v) is 17.6. The third-order valence-corrected chi connectivity index (χ3v) is 11.2. The van der Waals surface area contributed by atoms with Crippen molar-refractivity contribution in [2.45, 2.75) is 0 Å². The Balaban J connectivity index is 1.13. The molecule has 0 saturated heterocycles. The second-order valence-electron chi connectivity index (χ2n) is 12.9. The fourth-order valence-corrected chi connectivity index (χ4v) is 8.67. The molecule has 0 radical (unpaired) electrons. The number of fused-ring (bicyclic) bond motifs is 11. The molecule has 234 valence electrons. The summed E-state index contributed by atoms with van der Waals surface area (Å²) in [5.41, 5.74) is 8.01. The summed E-state index contributed by atoms with van der Waals surface area (Å²) >= 11 is 1.83. The van der Waals surface area contributed by atoms with Crippen LogP contribution in [0.1, 0.15) is 0 Å². The van der Waals surface area contributed by atoms with Crippen LogP contribution in [0.2, 0.25) is 0 Å². The van der Waals surface area contributed by atoms with Crippen molar-refractivity contribution >= 4 is 104 Å². The summed E-state index contributed by atoms with van der Waals surface area (Å²) in [6.45, 7) is 0. The molecule has 50 heavy (non-hydrogen) atoms. The number of hydrogen-bond acceptors (Lipinski definition) is 4. The van der Waals surface area contributed by atoms with Gasteiger partial charge in [0.15, 0.2) is 0 Å². The van der Waals surface area contributed by atoms with Crippen LogP contribution >= 0.6 is 11.3 Å². The molecule has 0 bridgehead atoms. The zero-order valence-electron chi connectivity index (χ0n) is 26.8. The Morgan fingerprint density at radius 1 is 0.380 bits per heavy atom. The van der Waals surface area contributed by atoms with Crippen molar-refractivity contribution in [1.29, 1.82) is 0 Å². The van der Waals surface area contributed by atoms with E-state index >= 15 is 0 Å². The number of nitrogens with zero attached hydrogens (tertiary/aromatic N) is 1. The van der Waals surface area contributed by atoms with E-state index in [1.54, 1.807) is 0 Å². The molecule has 4 heteroatoms. The van der Waals surface area contributed by atoms with Crippen LogP contribution in [-0.4, -0.2) is 0 Å². The number of benzene rings is 8. The Morgan fingerprint density at radius 2 is 0.900 bits per heavy atom. The van der Waals surface area contributed by atoms with Gasteiger partial charge in [0, 0.05) is 59.0 Å². The molecule has 3 aromatic heterocycles. The van der Waals surface area contributed by atoms with Gasteiger partial charge in [0.2, 0.25) is 0 Å². The average molecular weight is 658 g/mol. The molecule has 3 heterocycles. The van der Waals surface area contributed by atoms with E-state index in [4.69, 9.17) is 8.83 Å². The minimum atomic E-state index is 0.901. The van der Waals surface area contributed by atoms with E-state index in [2.05, 4.69) is 144 Å². The Hall–Kier alpha value is -6.36. The molecule has 0 amide bonds. The summed E-state index contributed by atoms with van der Waals surface area (Å²) < 4.78 is 14.3. The van der Waals surface area contributed by atoms with E-state index < -0.39 is 0 Å². The SMILES string of the molecule is c1ccc2sc(-c3ccc(N(c4ccc5ccc6c7ccccc7oc6c5c4)c4ccc5ccc6c7ccccc7oc6c5c4)cc3)cc2c1. The van der Waals surface area contributed by atoms with Crippen LogP contribution in [0.5, 0.6) is 0 Å². The lowest BCUT2D eigenvalue weighted by Gasteiger charge is -2.26. The highest BCUT2D eigenvalue weighted by molar-refractivity contribution is 7.22. The zero-order chi connectivity index (χ0) is 32.8. The largest absolute Gasteiger partial charge is 0.455 e. The van der Waals surface area contributed by atoms with Crippen molar-refractivity contribution in [2.75, 3.05) is 4.90 Å². The van der Waals surface area contributed by atoms with Crippen molar-refractivity contribution in [3.63, 3.8) is 0 Å². The summed E-state index contributed by atoms with van der Waals surface area (Å²) in [6.07, 6.45) is 0. The van der Waals surface area contributed by atoms with Crippen LogP contribution in [0.15, 0.2) is 173 Å². The average Bonchev–Trinajstić information content (AvgIpc) is 3.89. The maximum absolute atomic E-state index is 6.51. The van der Waals surface area contributed by atoms with Crippen molar-refractivity contribution in [1.82, 2.24) is 0 Å². The second-order valence-corrected chi connectivity index (χ2v) is 14.0. The van der Waals surface area contributed by atoms with Crippen molar-refractivity contribution in [3.8, 4) is 10.4 Å². The molecule has 0 spiro atoms. The lowest BCUT2D eigenvalue weighted by molar-refractivity contribution is 0.672. The molecule has 0 aliphatic heterocycles. The molecule has 0 fully saturated rings. The van der Waals surface area contributed by atoms with Crippen LogP contribution in [0.4, 0.5) is 17.1 Å². The Kier molecular flexibility index (Phi) is 5.83. The third-order valence-electron chi connectivity index (χ3n) is 10.0. The highest BCUT2D eigenvalue weighted by atomic mass is 32.1. The molecule has 0 saturated carbocycles. The van der Waals surface area contributed by atoms with Crippen LogP contribution in [0, 0.1) is 0 Å². The fourth-order valence-electron chi connectivity index (χ4n) is 7.60. The summed E-state index contributed by atoms with van der Waals surface area (Å²) in [5.74, 6) is 0. The normalized spacial score (nSPS) is 12.0. The van der Waals surface area contributed by atoms with Gasteiger partial charge in [-0.05, 0) is 94.5 Å². The third kappa shape index (κ3) is 4.16. The first-order chi connectivity index (χ1) is 24.7. The van der Waals surface area contributed by atoms with Crippen LogP contribution in [-0.2, 0) is 0 Å². The van der Waals surface area contributed by atoms with Gasteiger partial charge in [0.25, 0.3) is 0 Å². The molecule has 8 aromatic carbocycles. The predicted octanol–water partition coefficient (Wildman–Crippen LogP) is 14.1. The van der Waals surface area contributed by atoms with Gasteiger partial charge in [0.05, 0.1) is 0 Å². The number of anilines is 3. The number of para-hydroxylation sites is 2. The van der Waals surface area contributed by atoms with Crippen molar-refractivity contribution < 1.29 is 8.83 Å². The van der Waals surface area contributed by atoms with Gasteiger partial charge in [-0.15, -0.1) is 11.3 Å².